The van der Waals surface area contributed by atoms with Crippen LogP contribution in [-0.2, 0) is 5.48 Å². The minimum atomic E-state index is -2.33. The van der Waals surface area contributed by atoms with Gasteiger partial charge < -0.3 is 20.5 Å². The third-order valence-electron chi connectivity index (χ3n) is 0. The van der Waals surface area contributed by atoms with Crippen LogP contribution in [0.3, 0.4) is 0 Å². The molecular weight excluding hydrogens is 314 g/mol. The van der Waals surface area contributed by atoms with Gasteiger partial charge in [0.1, 0.15) is 0 Å². The molecule has 0 saturated carbocycles. The average Bonchev–Trinajstić information content (AvgIpc) is 0.811. The molecule has 0 aliphatic heterocycles. The molecule has 0 radical (unpaired) electrons. The number of carbonyl (C=O) groups is 1. The van der Waals surface area contributed by atoms with Crippen LogP contribution >= 0.6 is 0 Å². The maximum absolute atomic E-state index is 8.33. The van der Waals surface area contributed by atoms with E-state index in [-0.39, 0.29) is 36.6 Å². The predicted octanol–water partition coefficient (Wildman–Crippen LogP) is -2.57. The fourth-order valence-electron chi connectivity index (χ4n) is 0. The van der Waals surface area contributed by atoms with Crippen molar-refractivity contribution in [3.63, 3.8) is 0 Å². The van der Waals surface area contributed by atoms with E-state index < -0.39 is 6.16 Å². The van der Waals surface area contributed by atoms with Gasteiger partial charge in [0.2, 0.25) is 0 Å². The molecule has 0 aromatic rings. The van der Waals surface area contributed by atoms with Gasteiger partial charge in [-0.2, -0.15) is 0 Å². The maximum atomic E-state index is 8.33. The zero-order valence-corrected chi connectivity index (χ0v) is 6.80. The first-order chi connectivity index (χ1) is 1.73. The average molecular weight is 314 g/mol. The van der Waals surface area contributed by atoms with Crippen molar-refractivity contribution in [1.82, 2.24) is 0 Å². The molecule has 0 aliphatic rings. The number of hydrogen-bond acceptors (Lipinski definition) is 3. The van der Waals surface area contributed by atoms with E-state index in [9.17, 15) is 0 Å². The number of hydrogen-bond donors (Lipinski definition) is 0. The summed E-state index contributed by atoms with van der Waals surface area (Å²) in [6.07, 6.45) is -2.33. The molecule has 0 bridgehead atoms. The Morgan fingerprint density at radius 1 is 1.33 bits per heavy atom. The predicted molar refractivity (Wildman–Crippen MR) is 6.08 cm³/mol. The van der Waals surface area contributed by atoms with E-state index in [4.69, 9.17) is 15.0 Å². The fraction of sp³-hybridized carbons (Fsp3) is 0. The quantitative estimate of drug-likeness (QED) is 0.492. The Bertz CT molecular complexity index is 30.5. The van der Waals surface area contributed by atoms with Gasteiger partial charge in [-0.3, -0.25) is 0 Å². The van der Waals surface area contributed by atoms with Crippen LogP contribution in [0, 0.1) is 31.1 Å². The zero-order valence-electron chi connectivity index (χ0n) is 2.63. The monoisotopic (exact) mass is 314 g/mol. The summed E-state index contributed by atoms with van der Waals surface area (Å²) in [4.78, 5) is 8.33. The molecule has 6 heavy (non-hydrogen) atoms. The Kier molecular flexibility index (Phi) is 24.4. The van der Waals surface area contributed by atoms with Crippen molar-refractivity contribution in [3.8, 4) is 0 Å². The Labute approximate surface area is 57.9 Å². The third kappa shape index (κ3) is 580. The summed E-state index contributed by atoms with van der Waals surface area (Å²) in [5.74, 6) is 0. The van der Waals surface area contributed by atoms with Crippen molar-refractivity contribution in [2.75, 3.05) is 0 Å². The molecule has 0 saturated heterocycles. The van der Waals surface area contributed by atoms with Gasteiger partial charge in [-0.05, 0) is 6.16 Å². The second-order valence-electron chi connectivity index (χ2n) is 0.250. The molecule has 32 valence electrons. The largest absolute Gasteiger partial charge is 4.00 e. The summed E-state index contributed by atoms with van der Waals surface area (Å²) in [5.41, 5.74) is 0. The molecule has 0 spiro atoms. The first kappa shape index (κ1) is 16.3. The standard InChI is InChI=1S/CH2O3.O.U/c2-1(3)4;;/h(H2,2,3,4);;/q;-2;+4/p-2. The molecular formula is CO4U. The Morgan fingerprint density at radius 2 is 1.33 bits per heavy atom. The van der Waals surface area contributed by atoms with Crippen LogP contribution < -0.4 is 10.2 Å². The van der Waals surface area contributed by atoms with Gasteiger partial charge in [-0.25, -0.2) is 0 Å². The Morgan fingerprint density at radius 3 is 1.33 bits per heavy atom. The summed E-state index contributed by atoms with van der Waals surface area (Å²) in [7, 11) is 0. The van der Waals surface area contributed by atoms with Gasteiger partial charge in [0.25, 0.3) is 0 Å². The van der Waals surface area contributed by atoms with Gasteiger partial charge >= 0.3 is 31.1 Å². The normalized spacial score (nSPS) is 4.00. The first-order valence-electron chi connectivity index (χ1n) is 0.612. The van der Waals surface area contributed by atoms with Crippen LogP contribution in [0.2, 0.25) is 0 Å². The van der Waals surface area contributed by atoms with E-state index in [1.54, 1.807) is 0 Å². The van der Waals surface area contributed by atoms with Crippen molar-refractivity contribution in [3.05, 3.63) is 0 Å². The molecule has 0 heterocycles. The third-order valence-corrected chi connectivity index (χ3v) is 0. The van der Waals surface area contributed by atoms with E-state index in [0.717, 1.165) is 0 Å². The molecule has 0 aromatic carbocycles. The first-order valence-corrected chi connectivity index (χ1v) is 0.612. The fourth-order valence-corrected chi connectivity index (χ4v) is 0. The SMILES string of the molecule is O=C([O-])[O-].[O-2].[U+4]. The van der Waals surface area contributed by atoms with Crippen LogP contribution in [0.1, 0.15) is 0 Å². The van der Waals surface area contributed by atoms with E-state index in [1.165, 1.54) is 0 Å². The molecule has 0 aromatic heterocycles. The van der Waals surface area contributed by atoms with Crippen LogP contribution in [0.25, 0.3) is 0 Å². The second kappa shape index (κ2) is 8.99. The van der Waals surface area contributed by atoms with Gasteiger partial charge in [0.15, 0.2) is 0 Å². The molecule has 0 aliphatic carbocycles. The van der Waals surface area contributed by atoms with E-state index in [1.807, 2.05) is 0 Å². The zero-order chi connectivity index (χ0) is 3.58. The number of carboxylic acid groups (broad SMARTS) is 2. The molecule has 0 atom stereocenters. The van der Waals surface area contributed by atoms with E-state index in [0.29, 0.717) is 0 Å². The molecule has 0 amide bonds. The summed E-state index contributed by atoms with van der Waals surface area (Å²) >= 11 is 0. The second-order valence-corrected chi connectivity index (χ2v) is 0.250. The van der Waals surface area contributed by atoms with Crippen molar-refractivity contribution in [1.29, 1.82) is 0 Å². The minimum Gasteiger partial charge on any atom is -2.00 e. The van der Waals surface area contributed by atoms with E-state index >= 15 is 0 Å². The number of rotatable bonds is 0. The molecule has 0 rings (SSSR count). The number of carbonyl (C=O) groups excluding carboxylic acids is 1. The van der Waals surface area contributed by atoms with Crippen molar-refractivity contribution in [2.45, 2.75) is 0 Å². The van der Waals surface area contributed by atoms with Gasteiger partial charge in [0.05, 0.1) is 0 Å². The van der Waals surface area contributed by atoms with Crippen molar-refractivity contribution in [2.24, 2.45) is 0 Å². The molecule has 0 N–H and O–H groups in total. The van der Waals surface area contributed by atoms with Crippen molar-refractivity contribution < 1.29 is 51.6 Å². The maximum Gasteiger partial charge on any atom is 4.00 e. The van der Waals surface area contributed by atoms with Crippen LogP contribution in [0.15, 0.2) is 0 Å². The molecule has 5 heteroatoms. The minimum absolute atomic E-state index is 0. The molecule has 0 fully saturated rings. The Hall–Kier alpha value is 0.282. The summed E-state index contributed by atoms with van der Waals surface area (Å²) < 4.78 is 0. The van der Waals surface area contributed by atoms with Crippen LogP contribution in [0.5, 0.6) is 0 Å². The summed E-state index contributed by atoms with van der Waals surface area (Å²) in [6, 6.07) is 0. The smallest absolute Gasteiger partial charge is 2.00 e. The van der Waals surface area contributed by atoms with Crippen LogP contribution in [-0.4, -0.2) is 6.16 Å². The summed E-state index contributed by atoms with van der Waals surface area (Å²) in [5, 5.41) is 16.7. The van der Waals surface area contributed by atoms with Crippen molar-refractivity contribution >= 4 is 6.16 Å². The van der Waals surface area contributed by atoms with Gasteiger partial charge in [-0.15, -0.1) is 0 Å². The van der Waals surface area contributed by atoms with Gasteiger partial charge in [-0.1, -0.05) is 0 Å². The van der Waals surface area contributed by atoms with Crippen LogP contribution in [0.4, 0.5) is 4.79 Å². The topological polar surface area (TPSA) is 91.7 Å². The Balaban J connectivity index is -0.0000000450. The summed E-state index contributed by atoms with van der Waals surface area (Å²) in [6.45, 7) is 0. The molecule has 0 unspecified atom stereocenters. The van der Waals surface area contributed by atoms with Gasteiger partial charge in [0, 0.05) is 0 Å². The molecule has 4 nitrogen and oxygen atoms in total. The van der Waals surface area contributed by atoms with E-state index in [2.05, 4.69) is 0 Å².